The van der Waals surface area contributed by atoms with E-state index in [-0.39, 0.29) is 5.97 Å². The molecule has 0 aromatic carbocycles. The Morgan fingerprint density at radius 2 is 2.44 bits per heavy atom. The van der Waals surface area contributed by atoms with E-state index in [4.69, 9.17) is 0 Å². The highest BCUT2D eigenvalue weighted by Crippen LogP contribution is 2.26. The Bertz CT molecular complexity index is 270. The SMILES string of the molecule is O=C1Oc2ccncc21. The highest BCUT2D eigenvalue weighted by molar-refractivity contribution is 6.00. The summed E-state index contributed by atoms with van der Waals surface area (Å²) in [7, 11) is 0. The molecule has 0 unspecified atom stereocenters. The normalized spacial score (nSPS) is 13.6. The van der Waals surface area contributed by atoms with Crippen LogP contribution in [0.2, 0.25) is 0 Å². The molecule has 1 aromatic heterocycles. The minimum Gasteiger partial charge on any atom is -0.422 e. The molecule has 0 bridgehead atoms. The zero-order valence-electron chi connectivity index (χ0n) is 4.50. The smallest absolute Gasteiger partial charge is 0.348 e. The predicted molar refractivity (Wildman–Crippen MR) is 29.2 cm³/mol. The fourth-order valence-electron chi connectivity index (χ4n) is 0.732. The van der Waals surface area contributed by atoms with Gasteiger partial charge >= 0.3 is 5.97 Å². The molecule has 1 aliphatic heterocycles. The first kappa shape index (κ1) is 4.49. The number of hydrogen-bond acceptors (Lipinski definition) is 3. The van der Waals surface area contributed by atoms with Crippen LogP contribution in [0, 0.1) is 0 Å². The molecule has 0 spiro atoms. The van der Waals surface area contributed by atoms with Gasteiger partial charge in [0, 0.05) is 18.5 Å². The van der Waals surface area contributed by atoms with E-state index in [9.17, 15) is 4.79 Å². The first-order valence-electron chi connectivity index (χ1n) is 2.54. The number of esters is 1. The van der Waals surface area contributed by atoms with Crippen LogP contribution >= 0.6 is 0 Å². The molecule has 9 heavy (non-hydrogen) atoms. The fraction of sp³-hybridized carbons (Fsp3) is 0. The van der Waals surface area contributed by atoms with Crippen LogP contribution in [-0.4, -0.2) is 11.0 Å². The van der Waals surface area contributed by atoms with Crippen molar-refractivity contribution >= 4 is 5.97 Å². The van der Waals surface area contributed by atoms with Gasteiger partial charge in [0.15, 0.2) is 0 Å². The second-order valence-electron chi connectivity index (χ2n) is 1.76. The van der Waals surface area contributed by atoms with Gasteiger partial charge in [0.25, 0.3) is 0 Å². The van der Waals surface area contributed by atoms with E-state index < -0.39 is 0 Å². The van der Waals surface area contributed by atoms with Crippen LogP contribution in [0.3, 0.4) is 0 Å². The zero-order valence-corrected chi connectivity index (χ0v) is 4.50. The number of fused-ring (bicyclic) bond motifs is 1. The Kier molecular flexibility index (Phi) is 0.656. The molecule has 3 nitrogen and oxygen atoms in total. The number of nitrogens with zero attached hydrogens (tertiary/aromatic N) is 1. The Balaban J connectivity index is 2.63. The monoisotopic (exact) mass is 121 g/mol. The summed E-state index contributed by atoms with van der Waals surface area (Å²) in [5.74, 6) is 0.355. The third-order valence-corrected chi connectivity index (χ3v) is 1.20. The molecule has 0 radical (unpaired) electrons. The average molecular weight is 121 g/mol. The second kappa shape index (κ2) is 1.31. The molecule has 2 heterocycles. The van der Waals surface area contributed by atoms with Gasteiger partial charge in [0.05, 0.1) is 0 Å². The lowest BCUT2D eigenvalue weighted by Gasteiger charge is -2.14. The number of carbonyl (C=O) groups excluding carboxylic acids is 1. The van der Waals surface area contributed by atoms with E-state index in [0.717, 1.165) is 0 Å². The van der Waals surface area contributed by atoms with Gasteiger partial charge in [-0.05, 0) is 0 Å². The van der Waals surface area contributed by atoms with E-state index in [1.807, 2.05) is 0 Å². The number of rotatable bonds is 0. The third kappa shape index (κ3) is 0.455. The van der Waals surface area contributed by atoms with Gasteiger partial charge < -0.3 is 4.74 Å². The maximum atomic E-state index is 10.5. The van der Waals surface area contributed by atoms with Crippen LogP contribution in [0.4, 0.5) is 0 Å². The van der Waals surface area contributed by atoms with Crippen molar-refractivity contribution in [1.82, 2.24) is 4.98 Å². The third-order valence-electron chi connectivity index (χ3n) is 1.20. The van der Waals surface area contributed by atoms with Gasteiger partial charge in [-0.3, -0.25) is 4.98 Å². The lowest BCUT2D eigenvalue weighted by atomic mass is 10.2. The van der Waals surface area contributed by atoms with Crippen molar-refractivity contribution in [2.24, 2.45) is 0 Å². The predicted octanol–water partition coefficient (Wildman–Crippen LogP) is 0.614. The topological polar surface area (TPSA) is 39.2 Å². The maximum Gasteiger partial charge on any atom is 0.348 e. The zero-order chi connectivity index (χ0) is 6.27. The maximum absolute atomic E-state index is 10.5. The number of aromatic nitrogens is 1. The van der Waals surface area contributed by atoms with Crippen LogP contribution in [0.15, 0.2) is 18.5 Å². The van der Waals surface area contributed by atoms with Crippen LogP contribution < -0.4 is 4.74 Å². The molecular formula is C6H3NO2. The molecule has 0 aliphatic carbocycles. The van der Waals surface area contributed by atoms with Crippen LogP contribution in [0.5, 0.6) is 5.75 Å². The molecule has 0 fully saturated rings. The summed E-state index contributed by atoms with van der Waals surface area (Å²) in [6.45, 7) is 0. The fourth-order valence-corrected chi connectivity index (χ4v) is 0.732. The molecule has 0 N–H and O–H groups in total. The standard InChI is InChI=1S/C6H3NO2/c8-6-4-3-7-2-1-5(4)9-6/h1-3H. The lowest BCUT2D eigenvalue weighted by Crippen LogP contribution is -2.20. The molecule has 0 atom stereocenters. The summed E-state index contributed by atoms with van der Waals surface area (Å²) in [6.07, 6.45) is 3.09. The molecule has 0 saturated carbocycles. The first-order valence-corrected chi connectivity index (χ1v) is 2.54. The summed E-state index contributed by atoms with van der Waals surface area (Å²) >= 11 is 0. The van der Waals surface area contributed by atoms with E-state index in [1.165, 1.54) is 6.20 Å². The average Bonchev–Trinajstić information content (AvgIpc) is 1.86. The van der Waals surface area contributed by atoms with Crippen molar-refractivity contribution in [1.29, 1.82) is 0 Å². The minimum absolute atomic E-state index is 0.280. The largest absolute Gasteiger partial charge is 0.422 e. The molecule has 44 valence electrons. The Hall–Kier alpha value is -1.38. The minimum atomic E-state index is -0.280. The summed E-state index contributed by atoms with van der Waals surface area (Å²) in [5.41, 5.74) is 0.581. The first-order chi connectivity index (χ1) is 4.38. The van der Waals surface area contributed by atoms with Gasteiger partial charge in [-0.1, -0.05) is 0 Å². The van der Waals surface area contributed by atoms with Gasteiger partial charge in [-0.15, -0.1) is 0 Å². The van der Waals surface area contributed by atoms with Crippen LogP contribution in [-0.2, 0) is 0 Å². The number of hydrogen-bond donors (Lipinski definition) is 0. The Morgan fingerprint density at radius 1 is 1.56 bits per heavy atom. The van der Waals surface area contributed by atoms with Crippen molar-refractivity contribution in [3.63, 3.8) is 0 Å². The van der Waals surface area contributed by atoms with E-state index in [0.29, 0.717) is 11.3 Å². The quantitative estimate of drug-likeness (QED) is 0.472. The molecule has 1 aromatic rings. The molecule has 3 heteroatoms. The van der Waals surface area contributed by atoms with E-state index in [1.54, 1.807) is 12.3 Å². The number of ether oxygens (including phenoxy) is 1. The number of carbonyl (C=O) groups is 1. The summed E-state index contributed by atoms with van der Waals surface area (Å²) in [5, 5.41) is 0. The number of pyridine rings is 1. The highest BCUT2D eigenvalue weighted by Gasteiger charge is 2.24. The molecule has 2 rings (SSSR count). The van der Waals surface area contributed by atoms with Crippen molar-refractivity contribution in [3.8, 4) is 5.75 Å². The van der Waals surface area contributed by atoms with Crippen LogP contribution in [0.1, 0.15) is 10.4 Å². The summed E-state index contributed by atoms with van der Waals surface area (Å²) in [4.78, 5) is 14.2. The van der Waals surface area contributed by atoms with Gasteiger partial charge in [-0.2, -0.15) is 0 Å². The summed E-state index contributed by atoms with van der Waals surface area (Å²) < 4.78 is 4.61. The molecular weight excluding hydrogens is 118 g/mol. The molecule has 0 saturated heterocycles. The van der Waals surface area contributed by atoms with Crippen molar-refractivity contribution in [3.05, 3.63) is 24.0 Å². The van der Waals surface area contributed by atoms with Gasteiger partial charge in [0.1, 0.15) is 11.3 Å². The molecule has 0 amide bonds. The van der Waals surface area contributed by atoms with Crippen molar-refractivity contribution < 1.29 is 9.53 Å². The van der Waals surface area contributed by atoms with E-state index in [2.05, 4.69) is 9.72 Å². The second-order valence-corrected chi connectivity index (χ2v) is 1.76. The van der Waals surface area contributed by atoms with Crippen LogP contribution in [0.25, 0.3) is 0 Å². The summed E-state index contributed by atoms with van der Waals surface area (Å²) in [6, 6.07) is 1.66. The Labute approximate surface area is 51.3 Å². The highest BCUT2D eigenvalue weighted by atomic mass is 16.6. The Morgan fingerprint density at radius 3 is 3.00 bits per heavy atom. The lowest BCUT2D eigenvalue weighted by molar-refractivity contribution is 0.0657. The van der Waals surface area contributed by atoms with Gasteiger partial charge in [-0.25, -0.2) is 4.79 Å². The van der Waals surface area contributed by atoms with Crippen molar-refractivity contribution in [2.75, 3.05) is 0 Å². The van der Waals surface area contributed by atoms with Crippen molar-refractivity contribution in [2.45, 2.75) is 0 Å². The van der Waals surface area contributed by atoms with E-state index >= 15 is 0 Å². The van der Waals surface area contributed by atoms with Gasteiger partial charge in [0.2, 0.25) is 0 Å². The molecule has 1 aliphatic rings.